The van der Waals surface area contributed by atoms with Gasteiger partial charge < -0.3 is 88.2 Å². The second-order valence-electron chi connectivity index (χ2n) is 13.7. The first-order valence-electron chi connectivity index (χ1n) is 19.1. The van der Waals surface area contributed by atoms with Crippen molar-refractivity contribution in [2.75, 3.05) is 10.4 Å². The predicted molar refractivity (Wildman–Crippen MR) is 255 cm³/mol. The number of rotatable bonds is 22. The highest BCUT2D eigenvalue weighted by atomic mass is 35.6. The maximum Gasteiger partial charge on any atom is 0.382 e. The molecule has 6 atom stereocenters. The van der Waals surface area contributed by atoms with Crippen molar-refractivity contribution in [2.24, 2.45) is 71.6 Å². The number of nitrogens with zero attached hydrogens (tertiary/aromatic N) is 7. The summed E-state index contributed by atoms with van der Waals surface area (Å²) in [4.78, 5) is 108. The van der Waals surface area contributed by atoms with Gasteiger partial charge in [0.2, 0.25) is 46.4 Å². The van der Waals surface area contributed by atoms with Gasteiger partial charge in [-0.1, -0.05) is 77.3 Å². The second-order valence-corrected chi connectivity index (χ2v) is 16.0. The largest absolute Gasteiger partial charge is 0.382 e. The minimum absolute atomic E-state index is 0.00693. The van der Waals surface area contributed by atoms with Gasteiger partial charge in [0.25, 0.3) is 36.1 Å². The third-order valence-electron chi connectivity index (χ3n) is 8.51. The van der Waals surface area contributed by atoms with E-state index in [1.807, 2.05) is 10.6 Å². The summed E-state index contributed by atoms with van der Waals surface area (Å²) in [6.45, 7) is 5.35. The van der Waals surface area contributed by atoms with Crippen LogP contribution in [0.5, 0.6) is 0 Å². The maximum absolute atomic E-state index is 14.2. The van der Waals surface area contributed by atoms with Gasteiger partial charge >= 0.3 is 5.69 Å². The van der Waals surface area contributed by atoms with Crippen molar-refractivity contribution < 1.29 is 44.1 Å². The van der Waals surface area contributed by atoms with Crippen molar-refractivity contribution in [3.8, 4) is 6.57 Å². The Labute approximate surface area is 409 Å². The van der Waals surface area contributed by atoms with E-state index in [0.29, 0.717) is 11.3 Å². The van der Waals surface area contributed by atoms with E-state index in [-0.39, 0.29) is 29.2 Å². The van der Waals surface area contributed by atoms with Crippen LogP contribution in [0.15, 0.2) is 86.8 Å². The normalized spacial score (nSPS) is 13.3. The molecule has 1 heterocycles. The van der Waals surface area contributed by atoms with Gasteiger partial charge in [-0.3, -0.25) is 28.8 Å². The molecule has 6 unspecified atom stereocenters. The highest BCUT2D eigenvalue weighted by Gasteiger charge is 2.37. The van der Waals surface area contributed by atoms with Gasteiger partial charge in [-0.05, 0) is 28.1 Å². The summed E-state index contributed by atoms with van der Waals surface area (Å²) in [6.07, 6.45) is -9.46. The summed E-state index contributed by atoms with van der Waals surface area (Å²) in [6, 6.07) is 12.7. The molecule has 26 N–H and O–H groups in total. The molecular formula is C36H46Cl3N22O9+. The second kappa shape index (κ2) is 25.5. The number of nitrogens with one attached hydrogen (secondary N) is 6. The number of alkyl halides is 3. The molecule has 3 rings (SSSR count). The summed E-state index contributed by atoms with van der Waals surface area (Å²) in [5.41, 5.74) is 51.6. The zero-order chi connectivity index (χ0) is 52.5. The first-order chi connectivity index (χ1) is 32.8. The van der Waals surface area contributed by atoms with Crippen LogP contribution in [0.2, 0.25) is 0 Å². The van der Waals surface area contributed by atoms with Crippen LogP contribution in [0.1, 0.15) is 22.7 Å². The molecule has 31 nitrogen and oxygen atoms in total. The molecule has 0 saturated carbocycles. The summed E-state index contributed by atoms with van der Waals surface area (Å²) >= 11 is 18.1. The van der Waals surface area contributed by atoms with Crippen LogP contribution in [-0.4, -0.2) is 106 Å². The smallest absolute Gasteiger partial charge is 0.370 e. The Bertz CT molecular complexity index is 2540. The Morgan fingerprint density at radius 1 is 0.686 bits per heavy atom. The maximum atomic E-state index is 14.2. The number of carbonyl (C=O) groups is 6. The zero-order valence-corrected chi connectivity index (χ0v) is 38.1. The molecule has 6 amide bonds. The van der Waals surface area contributed by atoms with Gasteiger partial charge in [0, 0.05) is 24.4 Å². The topological polar surface area (TPSA) is 528 Å². The standard InChI is InChI=1S/C36H45Cl3N22O9/c1-49-18-11-16(36(37,38)39)12-50-25(18)61(13-14-7-9-17(10-8-14)60-70-69)31(68)30(67)51-19(15-5-3-2-4-6-15)26(63)53-22(57-33(43)44)28(65)55-24(59-35(47)48)29(66)54-23(58-34(45)46)27(64)52-21(20(40)62)56-32(41)42/h1-12,19,21-24,31,60,68H,13H2,(H23-,40,41,42,43,44,45,46,47,48,51,52,53,54,55,56,57,58,59,62,63,64,65,66,67,69)/p+1. The molecular weight excluding hydrogens is 991 g/mol. The molecule has 374 valence electrons. The molecule has 0 bridgehead atoms. The number of pyridine rings is 1. The van der Waals surface area contributed by atoms with Crippen LogP contribution in [-0.2, 0) is 44.1 Å². The SMILES string of the molecule is C#[N+]c1cc(C(Cl)(Cl)Cl)cnc1N(Cc1ccc(NOO)cc1)C(O)C(=O)NC(C(=O)NC(N=C(N)N)C(=O)NC(N=C(N)N)C(=O)NC(N=C(N)N)C(=O)NC(N=C(N)N)C(N)=O)c1ccccc1. The fraction of sp³-hybridized carbons (Fsp3) is 0.222. The number of amides is 6. The lowest BCUT2D eigenvalue weighted by molar-refractivity contribution is -0.215. The molecule has 0 aliphatic rings. The van der Waals surface area contributed by atoms with Crippen LogP contribution >= 0.6 is 34.8 Å². The summed E-state index contributed by atoms with van der Waals surface area (Å²) in [7, 11) is 0. The molecule has 0 aliphatic carbocycles. The van der Waals surface area contributed by atoms with Crippen LogP contribution in [0.25, 0.3) is 4.85 Å². The molecule has 0 radical (unpaired) electrons. The first kappa shape index (κ1) is 55.7. The third kappa shape index (κ3) is 16.9. The molecule has 0 spiro atoms. The van der Waals surface area contributed by atoms with E-state index in [2.05, 4.69) is 56.2 Å². The molecule has 1 aromatic heterocycles. The Morgan fingerprint density at radius 3 is 1.57 bits per heavy atom. The van der Waals surface area contributed by atoms with E-state index in [4.69, 9.17) is 98.2 Å². The summed E-state index contributed by atoms with van der Waals surface area (Å²) in [5, 5.41) is 31.2. The van der Waals surface area contributed by atoms with Crippen molar-refractivity contribution in [1.82, 2.24) is 31.6 Å². The van der Waals surface area contributed by atoms with Crippen molar-refractivity contribution in [3.63, 3.8) is 0 Å². The fourth-order valence-corrected chi connectivity index (χ4v) is 5.83. The van der Waals surface area contributed by atoms with Gasteiger partial charge in [-0.15, -0.1) is 4.99 Å². The average molecular weight is 1040 g/mol. The Balaban J connectivity index is 2.01. The number of hydrogen-bond donors (Lipinski definition) is 17. The van der Waals surface area contributed by atoms with Crippen LogP contribution in [0, 0.1) is 6.57 Å². The molecule has 0 aliphatic heterocycles. The number of aromatic nitrogens is 1. The number of hydrogen-bond acceptors (Lipinski definition) is 16. The molecule has 34 heteroatoms. The van der Waals surface area contributed by atoms with Crippen molar-refractivity contribution in [3.05, 3.63) is 88.4 Å². The number of benzene rings is 2. The summed E-state index contributed by atoms with van der Waals surface area (Å²) in [5.74, 6) is -11.2. The van der Waals surface area contributed by atoms with E-state index >= 15 is 0 Å². The van der Waals surface area contributed by atoms with Gasteiger partial charge in [0.15, 0.2) is 23.8 Å². The highest BCUT2D eigenvalue weighted by Crippen LogP contribution is 2.41. The number of guanidine groups is 4. The number of aliphatic hydroxyl groups excluding tert-OH is 1. The highest BCUT2D eigenvalue weighted by molar-refractivity contribution is 6.66. The quantitative estimate of drug-likeness (QED) is 0.0112. The van der Waals surface area contributed by atoms with Gasteiger partial charge in [0.05, 0.1) is 5.69 Å². The Hall–Kier alpha value is -8.67. The fourth-order valence-electron chi connectivity index (χ4n) is 5.52. The zero-order valence-electron chi connectivity index (χ0n) is 35.8. The molecule has 3 aromatic rings. The van der Waals surface area contributed by atoms with E-state index in [0.717, 1.165) is 11.1 Å². The number of nitrogens with two attached hydrogens (primary N) is 9. The first-order valence-corrected chi connectivity index (χ1v) is 20.3. The van der Waals surface area contributed by atoms with E-state index in [1.54, 1.807) is 6.07 Å². The molecule has 70 heavy (non-hydrogen) atoms. The summed E-state index contributed by atoms with van der Waals surface area (Å²) < 4.78 is -2.00. The van der Waals surface area contributed by atoms with Gasteiger partial charge in [0.1, 0.15) is 6.04 Å². The lowest BCUT2D eigenvalue weighted by atomic mass is 10.1. The van der Waals surface area contributed by atoms with E-state index in [1.165, 1.54) is 54.6 Å². The molecule has 0 fully saturated rings. The van der Waals surface area contributed by atoms with Crippen LogP contribution in [0.4, 0.5) is 17.2 Å². The minimum atomic E-state index is -2.24. The predicted octanol–water partition coefficient (Wildman–Crippen LogP) is -5.15. The van der Waals surface area contributed by atoms with Crippen LogP contribution in [0.3, 0.4) is 0 Å². The van der Waals surface area contributed by atoms with Crippen LogP contribution < -0.4 is 88.6 Å². The Morgan fingerprint density at radius 2 is 1.14 bits per heavy atom. The van der Waals surface area contributed by atoms with Crippen molar-refractivity contribution in [2.45, 2.75) is 47.3 Å². The molecule has 2 aromatic carbocycles. The lowest BCUT2D eigenvalue weighted by Gasteiger charge is -2.29. The van der Waals surface area contributed by atoms with Crippen molar-refractivity contribution in [1.29, 1.82) is 0 Å². The Kier molecular flexibility index (Phi) is 20.2. The number of carbonyl (C=O) groups excluding carboxylic acids is 6. The monoisotopic (exact) mass is 1040 g/mol. The van der Waals surface area contributed by atoms with Crippen molar-refractivity contribution >= 4 is 111 Å². The lowest BCUT2D eigenvalue weighted by Crippen LogP contribution is -2.58. The third-order valence-corrected chi connectivity index (χ3v) is 9.17. The minimum Gasteiger partial charge on any atom is -0.370 e. The average Bonchev–Trinajstić information content (AvgIpc) is 3.28. The van der Waals surface area contributed by atoms with E-state index in [9.17, 15) is 33.9 Å². The number of primary amides is 1. The van der Waals surface area contributed by atoms with Gasteiger partial charge in [-0.2, -0.15) is 0 Å². The number of aliphatic imine (C=N–C) groups is 4. The molecule has 0 saturated heterocycles. The number of halogens is 3. The van der Waals surface area contributed by atoms with E-state index < -0.39 is 100 Å². The number of aliphatic hydroxyl groups is 1. The number of anilines is 2. The van der Waals surface area contributed by atoms with Gasteiger partial charge in [-0.25, -0.2) is 35.7 Å².